The lowest BCUT2D eigenvalue weighted by molar-refractivity contribution is 0.0930. The maximum Gasteiger partial charge on any atom is 0.266 e. The van der Waals surface area contributed by atoms with Crippen LogP contribution in [0.3, 0.4) is 0 Å². The molecule has 1 atom stereocenters. The predicted molar refractivity (Wildman–Crippen MR) is 85.5 cm³/mol. The summed E-state index contributed by atoms with van der Waals surface area (Å²) in [6, 6.07) is 4.59. The Bertz CT molecular complexity index is 901. The molecule has 24 heavy (non-hydrogen) atoms. The molecular weight excluding hydrogens is 332 g/mol. The molecule has 0 aliphatic carbocycles. The summed E-state index contributed by atoms with van der Waals surface area (Å²) in [7, 11) is -3.78. The summed E-state index contributed by atoms with van der Waals surface area (Å²) < 4.78 is 28.5. The Morgan fingerprint density at radius 1 is 1.38 bits per heavy atom. The van der Waals surface area contributed by atoms with Crippen LogP contribution >= 0.6 is 0 Å². The fourth-order valence-corrected chi connectivity index (χ4v) is 4.15. The topological polar surface area (TPSA) is 118 Å². The van der Waals surface area contributed by atoms with Crippen molar-refractivity contribution in [1.82, 2.24) is 25.4 Å². The van der Waals surface area contributed by atoms with Crippen molar-refractivity contribution in [2.45, 2.75) is 23.8 Å². The minimum absolute atomic E-state index is 0.00918. The van der Waals surface area contributed by atoms with Crippen LogP contribution in [0.1, 0.15) is 23.2 Å². The van der Waals surface area contributed by atoms with Crippen LogP contribution in [0, 0.1) is 0 Å². The zero-order chi connectivity index (χ0) is 16.7. The van der Waals surface area contributed by atoms with Gasteiger partial charge in [-0.2, -0.15) is 14.8 Å². The molecule has 0 spiro atoms. The highest BCUT2D eigenvalue weighted by Gasteiger charge is 2.30. The zero-order valence-corrected chi connectivity index (χ0v) is 13.5. The van der Waals surface area contributed by atoms with Crippen molar-refractivity contribution in [3.8, 4) is 5.69 Å². The molecule has 3 heterocycles. The minimum Gasteiger partial charge on any atom is -0.348 e. The first-order valence-electron chi connectivity index (χ1n) is 7.63. The molecule has 10 heteroatoms. The van der Waals surface area contributed by atoms with Gasteiger partial charge in [0.25, 0.3) is 15.9 Å². The molecule has 0 radical (unpaired) electrons. The van der Waals surface area contributed by atoms with Gasteiger partial charge in [-0.25, -0.2) is 13.1 Å². The Hall–Kier alpha value is -2.46. The number of carbonyl (C=O) groups excluding carboxylic acids is 1. The number of anilines is 1. The molecule has 1 fully saturated rings. The van der Waals surface area contributed by atoms with Gasteiger partial charge in [0, 0.05) is 18.2 Å². The van der Waals surface area contributed by atoms with E-state index in [9.17, 15) is 13.2 Å². The van der Waals surface area contributed by atoms with Crippen molar-refractivity contribution in [2.75, 3.05) is 17.8 Å². The Morgan fingerprint density at radius 2 is 2.25 bits per heavy atom. The largest absolute Gasteiger partial charge is 0.348 e. The summed E-state index contributed by atoms with van der Waals surface area (Å²) in [6.45, 7) is 1.67. The van der Waals surface area contributed by atoms with Gasteiger partial charge in [-0.3, -0.25) is 4.79 Å². The van der Waals surface area contributed by atoms with E-state index in [1.807, 2.05) is 0 Å². The number of sulfonamides is 1. The highest BCUT2D eigenvalue weighted by Crippen LogP contribution is 2.29. The molecule has 1 saturated heterocycles. The van der Waals surface area contributed by atoms with E-state index in [1.54, 1.807) is 12.1 Å². The fraction of sp³-hybridized carbons (Fsp3) is 0.357. The number of piperidine rings is 1. The van der Waals surface area contributed by atoms with E-state index >= 15 is 0 Å². The van der Waals surface area contributed by atoms with Crippen molar-refractivity contribution in [3.05, 3.63) is 30.1 Å². The number of fused-ring (bicyclic) bond motifs is 3. The number of carbonyl (C=O) groups is 1. The molecule has 0 saturated carbocycles. The maximum absolute atomic E-state index is 12.4. The molecule has 1 aromatic carbocycles. The van der Waals surface area contributed by atoms with Crippen LogP contribution in [0.15, 0.2) is 29.4 Å². The van der Waals surface area contributed by atoms with Crippen LogP contribution < -0.4 is 15.4 Å². The van der Waals surface area contributed by atoms with Crippen LogP contribution in [0.2, 0.25) is 0 Å². The van der Waals surface area contributed by atoms with Gasteiger partial charge < -0.3 is 10.6 Å². The van der Waals surface area contributed by atoms with Crippen LogP contribution in [0.25, 0.3) is 5.69 Å². The summed E-state index contributed by atoms with van der Waals surface area (Å²) in [4.78, 5) is 16.3. The standard InChI is InChI=1S/C14H16N6O3S/c21-13(18-10-2-1-5-15-7-10)9-3-4-11-12(6-9)24(22,23)19-14-16-8-17-20(11)14/h3-4,6,8,10,15H,1-2,5,7H2,(H,18,21)(H,16,17,19)/t10-/m0/s1. The first kappa shape index (κ1) is 15.1. The van der Waals surface area contributed by atoms with Crippen LogP contribution in [0.4, 0.5) is 5.95 Å². The highest BCUT2D eigenvalue weighted by molar-refractivity contribution is 7.93. The molecule has 1 amide bonds. The number of benzene rings is 1. The van der Waals surface area contributed by atoms with Crippen LogP contribution in [0.5, 0.6) is 0 Å². The molecule has 0 unspecified atom stereocenters. The number of hydrogen-bond donors (Lipinski definition) is 3. The number of aromatic nitrogens is 3. The Labute approximate surface area is 138 Å². The van der Waals surface area contributed by atoms with Gasteiger partial charge in [-0.05, 0) is 37.6 Å². The van der Waals surface area contributed by atoms with E-state index in [0.29, 0.717) is 11.3 Å². The number of amides is 1. The maximum atomic E-state index is 12.4. The smallest absolute Gasteiger partial charge is 0.266 e. The van der Waals surface area contributed by atoms with E-state index in [4.69, 9.17) is 0 Å². The molecule has 2 aliphatic heterocycles. The van der Waals surface area contributed by atoms with Crippen molar-refractivity contribution >= 4 is 21.9 Å². The van der Waals surface area contributed by atoms with E-state index in [2.05, 4.69) is 25.4 Å². The molecule has 3 N–H and O–H groups in total. The molecule has 2 aliphatic rings. The molecule has 4 rings (SSSR count). The van der Waals surface area contributed by atoms with Gasteiger partial charge in [0.1, 0.15) is 11.2 Å². The SMILES string of the molecule is O=C(N[C@H]1CCCNC1)c1ccc2c(c1)S(=O)(=O)Nc1ncnn1-2. The van der Waals surface area contributed by atoms with Gasteiger partial charge in [0.15, 0.2) is 0 Å². The quantitative estimate of drug-likeness (QED) is 0.695. The second kappa shape index (κ2) is 5.56. The fourth-order valence-electron chi connectivity index (χ4n) is 2.95. The summed E-state index contributed by atoms with van der Waals surface area (Å²) in [5.41, 5.74) is 0.672. The van der Waals surface area contributed by atoms with Gasteiger partial charge >= 0.3 is 0 Å². The van der Waals surface area contributed by atoms with Crippen LogP contribution in [-0.4, -0.2) is 48.2 Å². The van der Waals surface area contributed by atoms with E-state index in [-0.39, 0.29) is 22.8 Å². The monoisotopic (exact) mass is 348 g/mol. The number of hydrogen-bond acceptors (Lipinski definition) is 6. The molecule has 2 aromatic rings. The average Bonchev–Trinajstić information content (AvgIpc) is 3.03. The Morgan fingerprint density at radius 3 is 3.04 bits per heavy atom. The van der Waals surface area contributed by atoms with Crippen molar-refractivity contribution in [3.63, 3.8) is 0 Å². The normalized spacial score (nSPS) is 21.2. The second-order valence-electron chi connectivity index (χ2n) is 5.80. The number of nitrogens with one attached hydrogen (secondary N) is 3. The van der Waals surface area contributed by atoms with E-state index < -0.39 is 10.0 Å². The average molecular weight is 348 g/mol. The second-order valence-corrected chi connectivity index (χ2v) is 7.45. The van der Waals surface area contributed by atoms with Gasteiger partial charge in [-0.1, -0.05) is 0 Å². The van der Waals surface area contributed by atoms with Crippen LogP contribution in [-0.2, 0) is 10.0 Å². The number of nitrogens with zero attached hydrogens (tertiary/aromatic N) is 3. The lowest BCUT2D eigenvalue weighted by Gasteiger charge is -2.24. The molecule has 9 nitrogen and oxygen atoms in total. The Kier molecular flexibility index (Phi) is 3.50. The van der Waals surface area contributed by atoms with Gasteiger partial charge in [0.2, 0.25) is 5.95 Å². The highest BCUT2D eigenvalue weighted by atomic mass is 32.2. The first-order chi connectivity index (χ1) is 11.5. The summed E-state index contributed by atoms with van der Waals surface area (Å²) >= 11 is 0. The first-order valence-corrected chi connectivity index (χ1v) is 9.12. The lowest BCUT2D eigenvalue weighted by Crippen LogP contribution is -2.45. The van der Waals surface area contributed by atoms with Gasteiger partial charge in [0.05, 0.1) is 5.69 Å². The Balaban J connectivity index is 1.67. The summed E-state index contributed by atoms with van der Waals surface area (Å²) in [6.07, 6.45) is 3.18. The lowest BCUT2D eigenvalue weighted by atomic mass is 10.1. The summed E-state index contributed by atoms with van der Waals surface area (Å²) in [5, 5.41) is 10.2. The predicted octanol–water partition coefficient (Wildman–Crippen LogP) is -0.137. The molecule has 126 valence electrons. The molecular formula is C14H16N6O3S. The third-order valence-electron chi connectivity index (χ3n) is 4.15. The van der Waals surface area contributed by atoms with Crippen molar-refractivity contribution < 1.29 is 13.2 Å². The van der Waals surface area contributed by atoms with Crippen molar-refractivity contribution in [2.24, 2.45) is 0 Å². The number of rotatable bonds is 2. The minimum atomic E-state index is -3.78. The molecule has 0 bridgehead atoms. The van der Waals surface area contributed by atoms with Gasteiger partial charge in [-0.15, -0.1) is 0 Å². The van der Waals surface area contributed by atoms with E-state index in [0.717, 1.165) is 25.9 Å². The molecule has 1 aromatic heterocycles. The summed E-state index contributed by atoms with van der Waals surface area (Å²) in [5.74, 6) is -0.154. The van der Waals surface area contributed by atoms with Crippen molar-refractivity contribution in [1.29, 1.82) is 0 Å². The van der Waals surface area contributed by atoms with E-state index in [1.165, 1.54) is 17.1 Å². The third-order valence-corrected chi connectivity index (χ3v) is 5.50. The zero-order valence-electron chi connectivity index (χ0n) is 12.7. The third kappa shape index (κ3) is 2.53.